The van der Waals surface area contributed by atoms with Gasteiger partial charge in [0.1, 0.15) is 5.75 Å². The largest absolute Gasteiger partial charge is 0.484 e. The van der Waals surface area contributed by atoms with Crippen LogP contribution in [0.3, 0.4) is 0 Å². The molecule has 0 fully saturated rings. The highest BCUT2D eigenvalue weighted by molar-refractivity contribution is 5.84. The Hall–Kier alpha value is -3.35. The fourth-order valence-electron chi connectivity index (χ4n) is 3.39. The number of aliphatic carboxylic acids is 1. The number of benzene rings is 2. The molecular weight excluding hydrogens is 358 g/mol. The molecule has 3 aromatic rings. The molecule has 1 aliphatic heterocycles. The molecule has 0 radical (unpaired) electrons. The molecule has 1 aliphatic rings. The number of ether oxygens (including phenoxy) is 1. The third-order valence-corrected chi connectivity index (χ3v) is 4.88. The van der Waals surface area contributed by atoms with Crippen LogP contribution >= 0.6 is 0 Å². The van der Waals surface area contributed by atoms with Crippen LogP contribution in [0.5, 0.6) is 5.75 Å². The van der Waals surface area contributed by atoms with Gasteiger partial charge in [-0.3, -0.25) is 14.3 Å². The summed E-state index contributed by atoms with van der Waals surface area (Å²) in [6.45, 7) is 1.61. The Labute approximate surface area is 162 Å². The van der Waals surface area contributed by atoms with E-state index in [-0.39, 0.29) is 18.9 Å². The summed E-state index contributed by atoms with van der Waals surface area (Å²) in [5, 5.41) is 15.4. The van der Waals surface area contributed by atoms with E-state index in [1.807, 2.05) is 53.2 Å². The second-order valence-electron chi connectivity index (χ2n) is 6.86. The first-order chi connectivity index (χ1) is 13.6. The number of fused-ring (bicyclic) bond motifs is 2. The number of hydrogen-bond donors (Lipinski definition) is 1. The maximum absolute atomic E-state index is 12.6. The topological polar surface area (TPSA) is 84.7 Å². The van der Waals surface area contributed by atoms with Crippen LogP contribution in [0.1, 0.15) is 17.8 Å². The van der Waals surface area contributed by atoms with Gasteiger partial charge in [0.15, 0.2) is 6.61 Å². The third kappa shape index (κ3) is 3.98. The summed E-state index contributed by atoms with van der Waals surface area (Å²) in [5.74, 6) is -0.244. The second kappa shape index (κ2) is 7.72. The van der Waals surface area contributed by atoms with Crippen LogP contribution in [0.2, 0.25) is 0 Å². The van der Waals surface area contributed by atoms with Gasteiger partial charge in [-0.2, -0.15) is 5.10 Å². The number of carbonyl (C=O) groups is 2. The SMILES string of the molecule is O=C(O)CCc1cc2n(n1)CCN(C(=O)COc1ccc3ccccc3c1)C2. The first kappa shape index (κ1) is 18.0. The van der Waals surface area contributed by atoms with Crippen molar-refractivity contribution in [1.29, 1.82) is 0 Å². The zero-order valence-electron chi connectivity index (χ0n) is 15.4. The number of aromatic nitrogens is 2. The van der Waals surface area contributed by atoms with Crippen molar-refractivity contribution >= 4 is 22.6 Å². The van der Waals surface area contributed by atoms with Gasteiger partial charge in [0.2, 0.25) is 0 Å². The molecule has 1 N–H and O–H groups in total. The molecule has 0 saturated heterocycles. The highest BCUT2D eigenvalue weighted by Gasteiger charge is 2.22. The van der Waals surface area contributed by atoms with E-state index in [0.717, 1.165) is 22.2 Å². The molecule has 1 amide bonds. The Balaban J connectivity index is 1.35. The number of hydrogen-bond acceptors (Lipinski definition) is 4. The van der Waals surface area contributed by atoms with Crippen LogP contribution in [0.4, 0.5) is 0 Å². The summed E-state index contributed by atoms with van der Waals surface area (Å²) in [4.78, 5) is 25.0. The maximum Gasteiger partial charge on any atom is 0.303 e. The van der Waals surface area contributed by atoms with Crippen LogP contribution < -0.4 is 4.74 Å². The molecule has 0 saturated carbocycles. The van der Waals surface area contributed by atoms with Gasteiger partial charge >= 0.3 is 5.97 Å². The summed E-state index contributed by atoms with van der Waals surface area (Å²) >= 11 is 0. The normalized spacial score (nSPS) is 13.4. The third-order valence-electron chi connectivity index (χ3n) is 4.88. The van der Waals surface area contributed by atoms with Crippen molar-refractivity contribution in [2.24, 2.45) is 0 Å². The fraction of sp³-hybridized carbons (Fsp3) is 0.286. The predicted molar refractivity (Wildman–Crippen MR) is 103 cm³/mol. The van der Waals surface area contributed by atoms with E-state index in [1.165, 1.54) is 0 Å². The molecule has 0 aliphatic carbocycles. The zero-order chi connectivity index (χ0) is 19.5. The van der Waals surface area contributed by atoms with Crippen molar-refractivity contribution in [3.8, 4) is 5.75 Å². The van der Waals surface area contributed by atoms with Crippen molar-refractivity contribution in [1.82, 2.24) is 14.7 Å². The lowest BCUT2D eigenvalue weighted by molar-refractivity contribution is -0.137. The van der Waals surface area contributed by atoms with Crippen molar-refractivity contribution in [3.05, 3.63) is 59.9 Å². The summed E-state index contributed by atoms with van der Waals surface area (Å²) in [5.41, 5.74) is 1.67. The Kier molecular flexibility index (Phi) is 4.97. The van der Waals surface area contributed by atoms with Crippen molar-refractivity contribution in [2.75, 3.05) is 13.2 Å². The minimum atomic E-state index is -0.839. The Morgan fingerprint density at radius 3 is 2.71 bits per heavy atom. The number of rotatable bonds is 6. The standard InChI is InChI=1S/C21H21N3O4/c25-20(14-28-19-7-5-15-3-1-2-4-16(15)11-19)23-9-10-24-18(13-23)12-17(22-24)6-8-21(26)27/h1-5,7,11-12H,6,8-10,13-14H2,(H,26,27). The molecule has 0 unspecified atom stereocenters. The average molecular weight is 379 g/mol. The van der Waals surface area contributed by atoms with E-state index in [0.29, 0.717) is 31.8 Å². The lowest BCUT2D eigenvalue weighted by atomic mass is 10.1. The van der Waals surface area contributed by atoms with Crippen LogP contribution in [-0.2, 0) is 29.1 Å². The van der Waals surface area contributed by atoms with Gasteiger partial charge in [0.05, 0.1) is 30.9 Å². The minimum absolute atomic E-state index is 0.0155. The van der Waals surface area contributed by atoms with E-state index in [1.54, 1.807) is 4.90 Å². The molecule has 144 valence electrons. The Morgan fingerprint density at radius 2 is 1.89 bits per heavy atom. The molecule has 4 rings (SSSR count). The molecule has 0 bridgehead atoms. The first-order valence-electron chi connectivity index (χ1n) is 9.25. The minimum Gasteiger partial charge on any atom is -0.484 e. The fourth-order valence-corrected chi connectivity index (χ4v) is 3.39. The van der Waals surface area contributed by atoms with Crippen LogP contribution in [0.15, 0.2) is 48.5 Å². The number of carbonyl (C=O) groups excluding carboxylic acids is 1. The van der Waals surface area contributed by atoms with Gasteiger partial charge < -0.3 is 14.7 Å². The van der Waals surface area contributed by atoms with Crippen molar-refractivity contribution in [3.63, 3.8) is 0 Å². The van der Waals surface area contributed by atoms with Crippen LogP contribution in [-0.4, -0.2) is 44.8 Å². The summed E-state index contributed by atoms with van der Waals surface area (Å²) in [6, 6.07) is 15.7. The second-order valence-corrected chi connectivity index (χ2v) is 6.86. The number of amides is 1. The van der Waals surface area contributed by atoms with E-state index >= 15 is 0 Å². The number of aryl methyl sites for hydroxylation is 1. The smallest absolute Gasteiger partial charge is 0.303 e. The highest BCUT2D eigenvalue weighted by atomic mass is 16.5. The molecule has 2 heterocycles. The highest BCUT2D eigenvalue weighted by Crippen LogP contribution is 2.21. The predicted octanol–water partition coefficient (Wildman–Crippen LogP) is 2.47. The first-order valence-corrected chi connectivity index (χ1v) is 9.25. The molecule has 0 atom stereocenters. The lowest BCUT2D eigenvalue weighted by Gasteiger charge is -2.27. The molecule has 1 aromatic heterocycles. The Bertz CT molecular complexity index is 1030. The molecule has 0 spiro atoms. The van der Waals surface area contributed by atoms with Crippen LogP contribution in [0.25, 0.3) is 10.8 Å². The van der Waals surface area contributed by atoms with Crippen LogP contribution in [0, 0.1) is 0 Å². The molecule has 7 nitrogen and oxygen atoms in total. The van der Waals surface area contributed by atoms with Gasteiger partial charge in [0.25, 0.3) is 5.91 Å². The molecule has 2 aromatic carbocycles. The van der Waals surface area contributed by atoms with Gasteiger partial charge in [-0.25, -0.2) is 0 Å². The Morgan fingerprint density at radius 1 is 1.07 bits per heavy atom. The number of carboxylic acids is 1. The summed E-state index contributed by atoms with van der Waals surface area (Å²) in [6.07, 6.45) is 0.451. The molecule has 28 heavy (non-hydrogen) atoms. The van der Waals surface area contributed by atoms with Crippen molar-refractivity contribution in [2.45, 2.75) is 25.9 Å². The summed E-state index contributed by atoms with van der Waals surface area (Å²) in [7, 11) is 0. The van der Waals surface area contributed by atoms with E-state index < -0.39 is 5.97 Å². The van der Waals surface area contributed by atoms with Gasteiger partial charge in [-0.05, 0) is 29.0 Å². The average Bonchev–Trinajstić information content (AvgIpc) is 3.12. The van der Waals surface area contributed by atoms with E-state index in [9.17, 15) is 9.59 Å². The summed E-state index contributed by atoms with van der Waals surface area (Å²) < 4.78 is 7.56. The lowest BCUT2D eigenvalue weighted by Crippen LogP contribution is -2.40. The van der Waals surface area contributed by atoms with Crippen molar-refractivity contribution < 1.29 is 19.4 Å². The van der Waals surface area contributed by atoms with Gasteiger partial charge in [-0.15, -0.1) is 0 Å². The zero-order valence-corrected chi connectivity index (χ0v) is 15.4. The van der Waals surface area contributed by atoms with Gasteiger partial charge in [-0.1, -0.05) is 30.3 Å². The quantitative estimate of drug-likeness (QED) is 0.711. The van der Waals surface area contributed by atoms with E-state index in [2.05, 4.69) is 5.10 Å². The molecule has 7 heteroatoms. The number of carboxylic acid groups (broad SMARTS) is 1. The molecular formula is C21H21N3O4. The number of nitrogens with zero attached hydrogens (tertiary/aromatic N) is 3. The van der Waals surface area contributed by atoms with E-state index in [4.69, 9.17) is 9.84 Å². The van der Waals surface area contributed by atoms with Gasteiger partial charge in [0, 0.05) is 13.0 Å². The monoisotopic (exact) mass is 379 g/mol. The maximum atomic E-state index is 12.6.